The van der Waals surface area contributed by atoms with E-state index in [1.807, 2.05) is 38.2 Å². The first-order chi connectivity index (χ1) is 15.4. The van der Waals surface area contributed by atoms with Crippen LogP contribution in [0, 0.1) is 6.92 Å². The number of nitrogens with one attached hydrogen (secondary N) is 1. The number of nitrogens with zero attached hydrogens (tertiary/aromatic N) is 7. The lowest BCUT2D eigenvalue weighted by atomic mass is 10.2. The normalized spacial score (nSPS) is 19.6. The fourth-order valence-corrected chi connectivity index (χ4v) is 4.58. The lowest BCUT2D eigenvalue weighted by molar-refractivity contribution is 0.295. The van der Waals surface area contributed by atoms with Gasteiger partial charge in [-0.2, -0.15) is 4.98 Å². The summed E-state index contributed by atoms with van der Waals surface area (Å²) >= 11 is 0. The van der Waals surface area contributed by atoms with Gasteiger partial charge in [-0.15, -0.1) is 5.10 Å². The van der Waals surface area contributed by atoms with Crippen LogP contribution in [0.1, 0.15) is 32.6 Å². The molecule has 0 radical (unpaired) electrons. The molecule has 1 saturated heterocycles. The maximum atomic E-state index is 14.4. The van der Waals surface area contributed by atoms with Crippen molar-refractivity contribution in [1.29, 1.82) is 0 Å². The van der Waals surface area contributed by atoms with Crippen molar-refractivity contribution in [1.82, 2.24) is 34.0 Å². The van der Waals surface area contributed by atoms with Crippen molar-refractivity contribution in [3.8, 4) is 11.3 Å². The first-order valence-electron chi connectivity index (χ1n) is 11.0. The third kappa shape index (κ3) is 3.35. The summed E-state index contributed by atoms with van der Waals surface area (Å²) < 4.78 is 18.2. The van der Waals surface area contributed by atoms with E-state index >= 15 is 0 Å². The SMILES string of the molecule is CCN1C[C@H](F)[C@H](Nc2nc(N)c3c(-c4ccc5nc(C)n(C(C)C)c5n4)ccn3n2)C1. The Kier molecular flexibility index (Phi) is 4.96. The molecule has 9 nitrogen and oxygen atoms in total. The smallest absolute Gasteiger partial charge is 0.243 e. The number of nitrogens with two attached hydrogens (primary N) is 1. The Hall–Kier alpha value is -3.27. The van der Waals surface area contributed by atoms with Crippen molar-refractivity contribution in [2.24, 2.45) is 0 Å². The van der Waals surface area contributed by atoms with Crippen molar-refractivity contribution >= 4 is 28.4 Å². The van der Waals surface area contributed by atoms with Gasteiger partial charge in [0, 0.05) is 30.9 Å². The van der Waals surface area contributed by atoms with E-state index in [0.717, 1.165) is 34.8 Å². The fourth-order valence-electron chi connectivity index (χ4n) is 4.58. The number of pyridine rings is 1. The first-order valence-corrected chi connectivity index (χ1v) is 11.0. The standard InChI is InChI=1S/C22H28FN9/c1-5-30-10-15(23)18(11-30)27-22-28-20(24)19-14(8-9-31(19)29-22)16-6-7-17-21(26-16)32(12(2)3)13(4)25-17/h6-9,12,15,18H,5,10-11H2,1-4H3,(H3,24,27,28,29)/t15-,18+/m0/s1. The fraction of sp³-hybridized carbons (Fsp3) is 0.455. The predicted molar refractivity (Wildman–Crippen MR) is 123 cm³/mol. The molecular formula is C22H28FN9. The van der Waals surface area contributed by atoms with Gasteiger partial charge in [-0.25, -0.2) is 18.9 Å². The maximum absolute atomic E-state index is 14.4. The molecule has 1 aliphatic heterocycles. The van der Waals surface area contributed by atoms with Crippen molar-refractivity contribution in [2.45, 2.75) is 46.0 Å². The minimum Gasteiger partial charge on any atom is -0.382 e. The van der Waals surface area contributed by atoms with Gasteiger partial charge in [0.05, 0.1) is 11.7 Å². The molecule has 5 heterocycles. The van der Waals surface area contributed by atoms with Gasteiger partial charge in [0.1, 0.15) is 23.0 Å². The van der Waals surface area contributed by atoms with Gasteiger partial charge < -0.3 is 15.6 Å². The van der Waals surface area contributed by atoms with E-state index in [1.165, 1.54) is 0 Å². The molecular weight excluding hydrogens is 409 g/mol. The molecule has 3 N–H and O–H groups in total. The van der Waals surface area contributed by atoms with Crippen LogP contribution in [0.2, 0.25) is 0 Å². The zero-order chi connectivity index (χ0) is 22.6. The van der Waals surface area contributed by atoms with Crippen LogP contribution in [0.4, 0.5) is 16.2 Å². The van der Waals surface area contributed by atoms with Crippen molar-refractivity contribution < 1.29 is 4.39 Å². The topological polar surface area (TPSA) is 102 Å². The maximum Gasteiger partial charge on any atom is 0.243 e. The molecule has 0 spiro atoms. The predicted octanol–water partition coefficient (Wildman–Crippen LogP) is 3.07. The van der Waals surface area contributed by atoms with Crippen molar-refractivity contribution in [3.05, 3.63) is 30.2 Å². The lowest BCUT2D eigenvalue weighted by Gasteiger charge is -2.15. The van der Waals surface area contributed by atoms with Crippen LogP contribution in [0.15, 0.2) is 24.4 Å². The van der Waals surface area contributed by atoms with Gasteiger partial charge in [-0.05, 0) is 45.5 Å². The highest BCUT2D eigenvalue weighted by molar-refractivity contribution is 5.88. The summed E-state index contributed by atoms with van der Waals surface area (Å²) in [7, 11) is 0. The van der Waals surface area contributed by atoms with E-state index in [2.05, 4.69) is 43.7 Å². The molecule has 0 aromatic carbocycles. The minimum atomic E-state index is -0.971. The molecule has 0 aliphatic carbocycles. The molecule has 4 aromatic rings. The third-order valence-electron chi connectivity index (χ3n) is 6.13. The zero-order valence-corrected chi connectivity index (χ0v) is 18.7. The van der Waals surface area contributed by atoms with E-state index in [0.29, 0.717) is 30.4 Å². The molecule has 5 rings (SSSR count). The number of rotatable bonds is 5. The second kappa shape index (κ2) is 7.70. The molecule has 32 heavy (non-hydrogen) atoms. The second-order valence-electron chi connectivity index (χ2n) is 8.62. The van der Waals surface area contributed by atoms with Crippen LogP contribution in [-0.4, -0.2) is 65.9 Å². The number of imidazole rings is 1. The number of aryl methyl sites for hydroxylation is 1. The van der Waals surface area contributed by atoms with Crippen LogP contribution in [0.5, 0.6) is 0 Å². The van der Waals surface area contributed by atoms with Crippen LogP contribution in [0.25, 0.3) is 27.9 Å². The average Bonchev–Trinajstić information content (AvgIpc) is 3.42. The molecule has 1 aliphatic rings. The highest BCUT2D eigenvalue weighted by Crippen LogP contribution is 2.30. The van der Waals surface area contributed by atoms with Gasteiger partial charge in [0.2, 0.25) is 5.95 Å². The first kappa shape index (κ1) is 20.6. The van der Waals surface area contributed by atoms with E-state index in [9.17, 15) is 4.39 Å². The molecule has 10 heteroatoms. The summed E-state index contributed by atoms with van der Waals surface area (Å²) in [6.45, 7) is 10.1. The number of alkyl halides is 1. The molecule has 2 atom stereocenters. The molecule has 0 amide bonds. The number of hydrogen-bond donors (Lipinski definition) is 2. The Bertz CT molecular complexity index is 1290. The average molecular weight is 438 g/mol. The number of fused-ring (bicyclic) bond motifs is 2. The summed E-state index contributed by atoms with van der Waals surface area (Å²) in [4.78, 5) is 16.0. The molecule has 0 bridgehead atoms. The Balaban J connectivity index is 1.52. The largest absolute Gasteiger partial charge is 0.382 e. The summed E-state index contributed by atoms with van der Waals surface area (Å²) in [5.74, 6) is 1.57. The summed E-state index contributed by atoms with van der Waals surface area (Å²) in [5.41, 5.74) is 10.3. The molecule has 4 aromatic heterocycles. The molecule has 0 unspecified atom stereocenters. The summed E-state index contributed by atoms with van der Waals surface area (Å²) in [6, 6.07) is 5.72. The molecule has 0 saturated carbocycles. The highest BCUT2D eigenvalue weighted by atomic mass is 19.1. The zero-order valence-electron chi connectivity index (χ0n) is 18.7. The van der Waals surface area contributed by atoms with Crippen LogP contribution in [0.3, 0.4) is 0 Å². The quantitative estimate of drug-likeness (QED) is 0.495. The number of anilines is 2. The molecule has 1 fully saturated rings. The summed E-state index contributed by atoms with van der Waals surface area (Å²) in [6.07, 6.45) is 0.853. The Morgan fingerprint density at radius 1 is 1.19 bits per heavy atom. The highest BCUT2D eigenvalue weighted by Gasteiger charge is 2.32. The Morgan fingerprint density at radius 3 is 2.72 bits per heavy atom. The van der Waals surface area contributed by atoms with E-state index < -0.39 is 6.17 Å². The van der Waals surface area contributed by atoms with Gasteiger partial charge in [-0.1, -0.05) is 6.92 Å². The number of likely N-dealkylation sites (N-methyl/N-ethyl adjacent to an activating group) is 1. The monoisotopic (exact) mass is 437 g/mol. The number of likely N-dealkylation sites (tertiary alicyclic amines) is 1. The van der Waals surface area contributed by atoms with Gasteiger partial charge >= 0.3 is 0 Å². The van der Waals surface area contributed by atoms with Crippen LogP contribution in [-0.2, 0) is 0 Å². The van der Waals surface area contributed by atoms with E-state index in [-0.39, 0.29) is 12.1 Å². The van der Waals surface area contributed by atoms with Gasteiger partial charge in [-0.3, -0.25) is 4.90 Å². The minimum absolute atomic E-state index is 0.245. The van der Waals surface area contributed by atoms with Crippen molar-refractivity contribution in [3.63, 3.8) is 0 Å². The van der Waals surface area contributed by atoms with Crippen molar-refractivity contribution in [2.75, 3.05) is 30.7 Å². The van der Waals surface area contributed by atoms with E-state index in [1.54, 1.807) is 4.52 Å². The van der Waals surface area contributed by atoms with Gasteiger partial charge in [0.15, 0.2) is 11.5 Å². The van der Waals surface area contributed by atoms with Crippen LogP contribution >= 0.6 is 0 Å². The lowest BCUT2D eigenvalue weighted by Crippen LogP contribution is -2.31. The van der Waals surface area contributed by atoms with E-state index in [4.69, 9.17) is 10.7 Å². The number of halogens is 1. The second-order valence-corrected chi connectivity index (χ2v) is 8.62. The Labute approximate surface area is 185 Å². The van der Waals surface area contributed by atoms with Gasteiger partial charge in [0.25, 0.3) is 0 Å². The molecule has 168 valence electrons. The number of nitrogen functional groups attached to an aromatic ring is 1. The number of aromatic nitrogens is 6. The van der Waals surface area contributed by atoms with Crippen LogP contribution < -0.4 is 11.1 Å². The Morgan fingerprint density at radius 2 is 2.00 bits per heavy atom. The summed E-state index contributed by atoms with van der Waals surface area (Å²) in [5, 5.41) is 7.64. The third-order valence-corrected chi connectivity index (χ3v) is 6.13. The number of hydrogen-bond acceptors (Lipinski definition) is 7.